The summed E-state index contributed by atoms with van der Waals surface area (Å²) in [5, 5.41) is 10.4. The Morgan fingerprint density at radius 1 is 1.19 bits per heavy atom. The summed E-state index contributed by atoms with van der Waals surface area (Å²) in [5.41, 5.74) is 1.07. The van der Waals surface area contributed by atoms with Crippen LogP contribution in [0.1, 0.15) is 51.0 Å². The average molecular weight is 375 g/mol. The number of nitrogens with one attached hydrogen (secondary N) is 2. The number of guanidine groups is 1. The van der Waals surface area contributed by atoms with E-state index in [1.807, 2.05) is 39.0 Å². The molecule has 0 bridgehead atoms. The van der Waals surface area contributed by atoms with Crippen LogP contribution in [0.3, 0.4) is 0 Å². The van der Waals surface area contributed by atoms with E-state index in [9.17, 15) is 0 Å². The van der Waals surface area contributed by atoms with Gasteiger partial charge in [-0.1, -0.05) is 11.2 Å². The number of hydrogen-bond acceptors (Lipinski definition) is 6. The van der Waals surface area contributed by atoms with Crippen molar-refractivity contribution in [3.05, 3.63) is 35.5 Å². The highest BCUT2D eigenvalue weighted by Crippen LogP contribution is 2.30. The molecule has 148 valence electrons. The number of aryl methyl sites for hydroxylation is 1. The highest BCUT2D eigenvalue weighted by molar-refractivity contribution is 5.80. The van der Waals surface area contributed by atoms with Crippen LogP contribution in [-0.4, -0.2) is 35.9 Å². The molecule has 1 aromatic carbocycles. The largest absolute Gasteiger partial charge is 0.490 e. The molecule has 8 nitrogen and oxygen atoms in total. The van der Waals surface area contributed by atoms with E-state index in [1.165, 1.54) is 0 Å². The normalized spacial score (nSPS) is 12.6. The zero-order valence-electron chi connectivity index (χ0n) is 16.7. The van der Waals surface area contributed by atoms with Gasteiger partial charge in [0.2, 0.25) is 5.89 Å². The lowest BCUT2D eigenvalue weighted by molar-refractivity contribution is 0.287. The molecular formula is C19H29N5O3. The molecule has 8 heteroatoms. The van der Waals surface area contributed by atoms with E-state index in [0.29, 0.717) is 37.4 Å². The maximum Gasteiger partial charge on any atom is 0.248 e. The molecule has 0 aliphatic rings. The summed E-state index contributed by atoms with van der Waals surface area (Å²) >= 11 is 0. The predicted octanol–water partition coefficient (Wildman–Crippen LogP) is 2.99. The predicted molar refractivity (Wildman–Crippen MR) is 104 cm³/mol. The maximum absolute atomic E-state index is 5.71. The van der Waals surface area contributed by atoms with Gasteiger partial charge < -0.3 is 24.6 Å². The molecule has 0 fully saturated rings. The highest BCUT2D eigenvalue weighted by atomic mass is 16.5. The van der Waals surface area contributed by atoms with Crippen LogP contribution in [0, 0.1) is 6.92 Å². The molecule has 2 aromatic rings. The van der Waals surface area contributed by atoms with E-state index in [2.05, 4.69) is 32.7 Å². The van der Waals surface area contributed by atoms with Gasteiger partial charge in [-0.15, -0.1) is 0 Å². The third-order valence-corrected chi connectivity index (χ3v) is 3.71. The Morgan fingerprint density at radius 3 is 2.56 bits per heavy atom. The lowest BCUT2D eigenvalue weighted by atomic mass is 10.1. The number of ether oxygens (including phenoxy) is 2. The van der Waals surface area contributed by atoms with Crippen LogP contribution in [0.5, 0.6) is 11.5 Å². The zero-order chi connectivity index (χ0) is 19.6. The van der Waals surface area contributed by atoms with Crippen molar-refractivity contribution >= 4 is 5.96 Å². The van der Waals surface area contributed by atoms with Gasteiger partial charge in [-0.25, -0.2) is 4.99 Å². The summed E-state index contributed by atoms with van der Waals surface area (Å²) in [6.45, 7) is 12.0. The molecule has 1 aromatic heterocycles. The Labute approximate surface area is 160 Å². The molecule has 0 saturated heterocycles. The first kappa shape index (κ1) is 20.5. The highest BCUT2D eigenvalue weighted by Gasteiger charge is 2.13. The van der Waals surface area contributed by atoms with Gasteiger partial charge in [-0.3, -0.25) is 0 Å². The molecule has 2 N–H and O–H groups in total. The molecule has 1 heterocycles. The molecule has 0 radical (unpaired) electrons. The van der Waals surface area contributed by atoms with Gasteiger partial charge >= 0.3 is 0 Å². The Kier molecular flexibility index (Phi) is 7.91. The molecule has 1 atom stereocenters. The fourth-order valence-corrected chi connectivity index (χ4v) is 2.50. The second-order valence-electron chi connectivity index (χ2n) is 5.87. The van der Waals surface area contributed by atoms with Crippen molar-refractivity contribution in [2.24, 2.45) is 4.99 Å². The van der Waals surface area contributed by atoms with Crippen molar-refractivity contribution in [3.63, 3.8) is 0 Å². The first-order valence-electron chi connectivity index (χ1n) is 9.30. The van der Waals surface area contributed by atoms with E-state index >= 15 is 0 Å². The number of aromatic nitrogens is 2. The van der Waals surface area contributed by atoms with Crippen LogP contribution in [0.15, 0.2) is 27.7 Å². The number of nitrogens with zero attached hydrogens (tertiary/aromatic N) is 3. The van der Waals surface area contributed by atoms with Gasteiger partial charge in [0, 0.05) is 6.54 Å². The Bertz CT molecular complexity index is 745. The molecule has 0 aliphatic heterocycles. The van der Waals surface area contributed by atoms with Crippen molar-refractivity contribution in [2.45, 2.75) is 47.2 Å². The maximum atomic E-state index is 5.71. The molecule has 27 heavy (non-hydrogen) atoms. The van der Waals surface area contributed by atoms with E-state index in [-0.39, 0.29) is 6.04 Å². The molecule has 1 unspecified atom stereocenters. The molecule has 0 amide bonds. The van der Waals surface area contributed by atoms with Gasteiger partial charge in [0.05, 0.1) is 19.3 Å². The number of benzene rings is 1. The summed E-state index contributed by atoms with van der Waals surface area (Å²) in [4.78, 5) is 8.68. The molecular weight excluding hydrogens is 346 g/mol. The fraction of sp³-hybridized carbons (Fsp3) is 0.526. The van der Waals surface area contributed by atoms with E-state index in [4.69, 9.17) is 14.0 Å². The van der Waals surface area contributed by atoms with Crippen molar-refractivity contribution in [3.8, 4) is 11.5 Å². The van der Waals surface area contributed by atoms with Gasteiger partial charge in [0.1, 0.15) is 6.54 Å². The summed E-state index contributed by atoms with van der Waals surface area (Å²) in [7, 11) is 0. The molecule has 0 aliphatic carbocycles. The van der Waals surface area contributed by atoms with Crippen LogP contribution in [0.2, 0.25) is 0 Å². The van der Waals surface area contributed by atoms with Gasteiger partial charge in [-0.05, 0) is 52.3 Å². The number of aliphatic imine (C=N–C) groups is 1. The Balaban J connectivity index is 2.11. The molecule has 2 rings (SSSR count). The van der Waals surface area contributed by atoms with Crippen molar-refractivity contribution < 1.29 is 14.0 Å². The van der Waals surface area contributed by atoms with Crippen LogP contribution in [-0.2, 0) is 6.54 Å². The topological polar surface area (TPSA) is 93.8 Å². The average Bonchev–Trinajstić information content (AvgIpc) is 3.07. The summed E-state index contributed by atoms with van der Waals surface area (Å²) in [5.74, 6) is 3.26. The van der Waals surface area contributed by atoms with Gasteiger partial charge in [-0.2, -0.15) is 4.98 Å². The third-order valence-electron chi connectivity index (χ3n) is 3.71. The van der Waals surface area contributed by atoms with Crippen LogP contribution in [0.25, 0.3) is 0 Å². The SMILES string of the molecule is CCNC(=NCc1nc(C)no1)NC(C)c1ccc(OCC)c(OCC)c1. The van der Waals surface area contributed by atoms with Gasteiger partial charge in [0.25, 0.3) is 0 Å². The summed E-state index contributed by atoms with van der Waals surface area (Å²) in [6, 6.07) is 5.97. The van der Waals surface area contributed by atoms with E-state index in [0.717, 1.165) is 23.6 Å². The van der Waals surface area contributed by atoms with Crippen molar-refractivity contribution in [2.75, 3.05) is 19.8 Å². The molecule has 0 saturated carbocycles. The lowest BCUT2D eigenvalue weighted by Crippen LogP contribution is -2.38. The minimum Gasteiger partial charge on any atom is -0.490 e. The lowest BCUT2D eigenvalue weighted by Gasteiger charge is -2.20. The first-order chi connectivity index (χ1) is 13.1. The standard InChI is InChI=1S/C19H29N5O3/c1-6-20-19(21-12-18-23-14(5)24-27-18)22-13(4)15-9-10-16(25-7-2)17(11-15)26-8-3/h9-11,13H,6-8,12H2,1-5H3,(H2,20,21,22). The number of hydrogen-bond donors (Lipinski definition) is 2. The monoisotopic (exact) mass is 375 g/mol. The van der Waals surface area contributed by atoms with E-state index in [1.54, 1.807) is 6.92 Å². The minimum absolute atomic E-state index is 0.0158. The van der Waals surface area contributed by atoms with Crippen LogP contribution in [0.4, 0.5) is 0 Å². The summed E-state index contributed by atoms with van der Waals surface area (Å²) in [6.07, 6.45) is 0. The third kappa shape index (κ3) is 6.16. The smallest absolute Gasteiger partial charge is 0.248 e. The first-order valence-corrected chi connectivity index (χ1v) is 9.30. The quantitative estimate of drug-likeness (QED) is 0.514. The second-order valence-corrected chi connectivity index (χ2v) is 5.87. The Hall–Kier alpha value is -2.77. The zero-order valence-corrected chi connectivity index (χ0v) is 16.7. The fourth-order valence-electron chi connectivity index (χ4n) is 2.50. The van der Waals surface area contributed by atoms with E-state index < -0.39 is 0 Å². The van der Waals surface area contributed by atoms with Crippen molar-refractivity contribution in [1.29, 1.82) is 0 Å². The van der Waals surface area contributed by atoms with Crippen LogP contribution < -0.4 is 20.1 Å². The summed E-state index contributed by atoms with van der Waals surface area (Å²) < 4.78 is 16.5. The Morgan fingerprint density at radius 2 is 1.93 bits per heavy atom. The van der Waals surface area contributed by atoms with Gasteiger partial charge in [0.15, 0.2) is 23.3 Å². The van der Waals surface area contributed by atoms with Crippen molar-refractivity contribution in [1.82, 2.24) is 20.8 Å². The van der Waals surface area contributed by atoms with Crippen LogP contribution >= 0.6 is 0 Å². The second kappa shape index (κ2) is 10.4. The molecule has 0 spiro atoms. The number of rotatable bonds is 9. The minimum atomic E-state index is 0.0158.